The molecule has 0 heterocycles. The normalized spacial score (nSPS) is 13.2. The Morgan fingerprint density at radius 1 is 1.36 bits per heavy atom. The van der Waals surface area contributed by atoms with Crippen LogP contribution in [-0.4, -0.2) is 12.0 Å². The molecule has 1 N–H and O–H groups in total. The third-order valence-corrected chi connectivity index (χ3v) is 2.06. The van der Waals surface area contributed by atoms with Crippen LogP contribution in [-0.2, 0) is 0 Å². The van der Waals surface area contributed by atoms with Gasteiger partial charge in [-0.05, 0) is 18.3 Å². The van der Waals surface area contributed by atoms with Crippen LogP contribution >= 0.6 is 12.2 Å². The van der Waals surface area contributed by atoms with E-state index in [4.69, 9.17) is 12.2 Å². The van der Waals surface area contributed by atoms with Gasteiger partial charge in [-0.1, -0.05) is 33.0 Å². The lowest BCUT2D eigenvalue weighted by Crippen LogP contribution is -2.18. The molecular weight excluding hydrogens is 154 g/mol. The Labute approximate surface area is 75.6 Å². The van der Waals surface area contributed by atoms with Crippen LogP contribution in [0.5, 0.6) is 0 Å². The zero-order valence-corrected chi connectivity index (χ0v) is 8.79. The fourth-order valence-corrected chi connectivity index (χ4v) is 1.59. The molecule has 1 nitrogen and oxygen atoms in total. The standard InChI is InChI=1S/C9H19NS/c1-7(2)5-8(3)6-9(11)10-4/h7-8H,5-6H2,1-4H3,(H,10,11). The molecule has 0 rings (SSSR count). The molecule has 66 valence electrons. The van der Waals surface area contributed by atoms with Gasteiger partial charge in [0, 0.05) is 13.5 Å². The van der Waals surface area contributed by atoms with Gasteiger partial charge in [0.1, 0.15) is 0 Å². The molecule has 0 aromatic rings. The maximum absolute atomic E-state index is 5.07. The van der Waals surface area contributed by atoms with Crippen LogP contribution in [0.25, 0.3) is 0 Å². The number of rotatable bonds is 4. The van der Waals surface area contributed by atoms with Gasteiger partial charge in [-0.2, -0.15) is 0 Å². The molecule has 0 saturated heterocycles. The number of nitrogens with one attached hydrogen (secondary N) is 1. The van der Waals surface area contributed by atoms with Crippen LogP contribution < -0.4 is 5.32 Å². The molecule has 0 aromatic heterocycles. The Bertz CT molecular complexity index is 121. The molecule has 1 atom stereocenters. The molecule has 0 amide bonds. The van der Waals surface area contributed by atoms with E-state index in [1.807, 2.05) is 7.05 Å². The first-order valence-electron chi connectivity index (χ1n) is 4.26. The predicted molar refractivity (Wildman–Crippen MR) is 54.9 cm³/mol. The second kappa shape index (κ2) is 5.53. The smallest absolute Gasteiger partial charge is 0.0753 e. The van der Waals surface area contributed by atoms with Crippen molar-refractivity contribution in [3.05, 3.63) is 0 Å². The molecule has 0 aliphatic heterocycles. The summed E-state index contributed by atoms with van der Waals surface area (Å²) in [5, 5.41) is 3.00. The SMILES string of the molecule is CNC(=S)CC(C)CC(C)C. The van der Waals surface area contributed by atoms with E-state index >= 15 is 0 Å². The third kappa shape index (κ3) is 6.29. The van der Waals surface area contributed by atoms with E-state index in [9.17, 15) is 0 Å². The zero-order chi connectivity index (χ0) is 8.85. The van der Waals surface area contributed by atoms with Crippen molar-refractivity contribution >= 4 is 17.2 Å². The van der Waals surface area contributed by atoms with E-state index in [1.54, 1.807) is 0 Å². The second-order valence-electron chi connectivity index (χ2n) is 3.61. The third-order valence-electron chi connectivity index (χ3n) is 1.69. The first kappa shape index (κ1) is 10.9. The molecule has 0 spiro atoms. The van der Waals surface area contributed by atoms with E-state index in [0.29, 0.717) is 0 Å². The van der Waals surface area contributed by atoms with E-state index in [1.165, 1.54) is 6.42 Å². The largest absolute Gasteiger partial charge is 0.383 e. The van der Waals surface area contributed by atoms with Crippen LogP contribution in [0.3, 0.4) is 0 Å². The second-order valence-corrected chi connectivity index (χ2v) is 4.10. The first-order chi connectivity index (χ1) is 5.06. The average molecular weight is 173 g/mol. The molecule has 0 saturated carbocycles. The highest BCUT2D eigenvalue weighted by atomic mass is 32.1. The molecule has 0 bridgehead atoms. The quantitative estimate of drug-likeness (QED) is 0.656. The summed E-state index contributed by atoms with van der Waals surface area (Å²) in [4.78, 5) is 0.984. The molecule has 1 unspecified atom stereocenters. The highest BCUT2D eigenvalue weighted by Gasteiger charge is 2.06. The van der Waals surface area contributed by atoms with Crippen molar-refractivity contribution in [1.29, 1.82) is 0 Å². The minimum atomic E-state index is 0.718. The van der Waals surface area contributed by atoms with Gasteiger partial charge in [-0.15, -0.1) is 0 Å². The van der Waals surface area contributed by atoms with Crippen molar-refractivity contribution < 1.29 is 0 Å². The monoisotopic (exact) mass is 173 g/mol. The van der Waals surface area contributed by atoms with Gasteiger partial charge in [0.15, 0.2) is 0 Å². The van der Waals surface area contributed by atoms with Crippen LogP contribution in [0.1, 0.15) is 33.6 Å². The average Bonchev–Trinajstić information content (AvgIpc) is 1.85. The summed E-state index contributed by atoms with van der Waals surface area (Å²) in [6.45, 7) is 6.75. The van der Waals surface area contributed by atoms with Crippen molar-refractivity contribution in [3.8, 4) is 0 Å². The van der Waals surface area contributed by atoms with Gasteiger partial charge < -0.3 is 5.32 Å². The van der Waals surface area contributed by atoms with E-state index in [0.717, 1.165) is 23.2 Å². The molecule has 0 aliphatic carbocycles. The van der Waals surface area contributed by atoms with Gasteiger partial charge in [-0.25, -0.2) is 0 Å². The highest BCUT2D eigenvalue weighted by Crippen LogP contribution is 2.14. The van der Waals surface area contributed by atoms with Crippen molar-refractivity contribution in [2.45, 2.75) is 33.6 Å². The van der Waals surface area contributed by atoms with Crippen molar-refractivity contribution in [2.24, 2.45) is 11.8 Å². The van der Waals surface area contributed by atoms with Crippen LogP contribution in [0.2, 0.25) is 0 Å². The zero-order valence-electron chi connectivity index (χ0n) is 7.98. The molecule has 0 aliphatic rings. The summed E-state index contributed by atoms with van der Waals surface area (Å²) >= 11 is 5.07. The van der Waals surface area contributed by atoms with Gasteiger partial charge in [0.05, 0.1) is 4.99 Å². The van der Waals surface area contributed by atoms with Gasteiger partial charge in [0.2, 0.25) is 0 Å². The Kier molecular flexibility index (Phi) is 5.47. The van der Waals surface area contributed by atoms with Gasteiger partial charge in [0.25, 0.3) is 0 Å². The maximum Gasteiger partial charge on any atom is 0.0753 e. The summed E-state index contributed by atoms with van der Waals surface area (Å²) in [5.41, 5.74) is 0. The molecule has 11 heavy (non-hydrogen) atoms. The Hall–Kier alpha value is -0.110. The molecule has 0 fully saturated rings. The Morgan fingerprint density at radius 3 is 2.27 bits per heavy atom. The minimum absolute atomic E-state index is 0.718. The fourth-order valence-electron chi connectivity index (χ4n) is 1.31. The maximum atomic E-state index is 5.07. The Morgan fingerprint density at radius 2 is 1.91 bits per heavy atom. The van der Waals surface area contributed by atoms with Gasteiger partial charge >= 0.3 is 0 Å². The fraction of sp³-hybridized carbons (Fsp3) is 0.889. The minimum Gasteiger partial charge on any atom is -0.383 e. The lowest BCUT2D eigenvalue weighted by atomic mass is 9.96. The molecular formula is C9H19NS. The van der Waals surface area contributed by atoms with Crippen LogP contribution in [0, 0.1) is 11.8 Å². The predicted octanol–water partition coefficient (Wildman–Crippen LogP) is 2.61. The summed E-state index contributed by atoms with van der Waals surface area (Å²) < 4.78 is 0. The summed E-state index contributed by atoms with van der Waals surface area (Å²) in [5.74, 6) is 1.50. The van der Waals surface area contributed by atoms with E-state index < -0.39 is 0 Å². The van der Waals surface area contributed by atoms with E-state index in [2.05, 4.69) is 26.1 Å². The molecule has 0 radical (unpaired) electrons. The number of thiocarbonyl (C=S) groups is 1. The van der Waals surface area contributed by atoms with E-state index in [-0.39, 0.29) is 0 Å². The van der Waals surface area contributed by atoms with Crippen molar-refractivity contribution in [1.82, 2.24) is 5.32 Å². The lowest BCUT2D eigenvalue weighted by Gasteiger charge is -2.13. The number of hydrogen-bond donors (Lipinski definition) is 1. The highest BCUT2D eigenvalue weighted by molar-refractivity contribution is 7.80. The molecule has 2 heteroatoms. The topological polar surface area (TPSA) is 12.0 Å². The van der Waals surface area contributed by atoms with Crippen molar-refractivity contribution in [2.75, 3.05) is 7.05 Å². The van der Waals surface area contributed by atoms with Gasteiger partial charge in [-0.3, -0.25) is 0 Å². The molecule has 0 aromatic carbocycles. The summed E-state index contributed by atoms with van der Waals surface area (Å²) in [7, 11) is 1.89. The number of hydrogen-bond acceptors (Lipinski definition) is 1. The summed E-state index contributed by atoms with van der Waals surface area (Å²) in [6, 6.07) is 0. The lowest BCUT2D eigenvalue weighted by molar-refractivity contribution is 0.449. The summed E-state index contributed by atoms with van der Waals surface area (Å²) in [6.07, 6.45) is 2.30. The van der Waals surface area contributed by atoms with Crippen molar-refractivity contribution in [3.63, 3.8) is 0 Å². The van der Waals surface area contributed by atoms with Crippen LogP contribution in [0.4, 0.5) is 0 Å². The Balaban J connectivity index is 3.51. The van der Waals surface area contributed by atoms with Crippen LogP contribution in [0.15, 0.2) is 0 Å². The first-order valence-corrected chi connectivity index (χ1v) is 4.67.